The van der Waals surface area contributed by atoms with Gasteiger partial charge in [-0.15, -0.1) is 0 Å². The third-order valence-corrected chi connectivity index (χ3v) is 9.98. The van der Waals surface area contributed by atoms with Crippen molar-refractivity contribution < 1.29 is 38.5 Å². The number of carbonyl (C=O) groups excluding carboxylic acids is 4. The van der Waals surface area contributed by atoms with Gasteiger partial charge in [-0.3, -0.25) is 19.2 Å². The van der Waals surface area contributed by atoms with E-state index in [1.165, 1.54) is 19.3 Å². The number of aliphatic hydroxyl groups excluding tert-OH is 1. The Kier molecular flexibility index (Phi) is 34.3. The molecule has 0 spiro atoms. The highest BCUT2D eigenvalue weighted by atomic mass is 16.6. The number of allylic oxidation sites excluding steroid dienone is 22. The number of esters is 2. The number of carbonyl (C=O) groups is 4. The lowest BCUT2D eigenvalue weighted by Crippen LogP contribution is -2.09. The summed E-state index contributed by atoms with van der Waals surface area (Å²) in [6, 6.07) is 9.85. The summed E-state index contributed by atoms with van der Waals surface area (Å²) in [5.41, 5.74) is 1.64. The third kappa shape index (κ3) is 31.1. The number of ketones is 2. The van der Waals surface area contributed by atoms with Gasteiger partial charge in [-0.05, 0) is 137 Å². The lowest BCUT2D eigenvalue weighted by atomic mass is 10.1. The van der Waals surface area contributed by atoms with Gasteiger partial charge in [0.2, 0.25) is 0 Å². The molecular weight excluding hydrogens is 861 g/mol. The highest BCUT2D eigenvalue weighted by molar-refractivity contribution is 6.10. The van der Waals surface area contributed by atoms with Crippen molar-refractivity contribution in [1.29, 1.82) is 0 Å². The van der Waals surface area contributed by atoms with Crippen molar-refractivity contribution in [2.24, 2.45) is 0 Å². The number of rotatable bonds is 36. The fourth-order valence-corrected chi connectivity index (χ4v) is 6.28. The van der Waals surface area contributed by atoms with Crippen LogP contribution in [-0.2, 0) is 25.8 Å². The van der Waals surface area contributed by atoms with Crippen molar-refractivity contribution in [3.05, 3.63) is 187 Å². The Morgan fingerprint density at radius 2 is 0.826 bits per heavy atom. The molecule has 368 valence electrons. The van der Waals surface area contributed by atoms with Crippen molar-refractivity contribution in [2.45, 2.75) is 130 Å². The Labute approximate surface area is 413 Å². The smallest absolute Gasteiger partial charge is 0.311 e. The second-order valence-electron chi connectivity index (χ2n) is 15.9. The van der Waals surface area contributed by atoms with Crippen molar-refractivity contribution in [2.75, 3.05) is 7.11 Å². The number of ether oxygens (including phenoxy) is 3. The second kappa shape index (κ2) is 40.4. The van der Waals surface area contributed by atoms with Crippen LogP contribution in [-0.4, -0.2) is 35.7 Å². The van der Waals surface area contributed by atoms with Crippen LogP contribution >= 0.6 is 0 Å². The van der Waals surface area contributed by atoms with E-state index >= 15 is 0 Å². The van der Waals surface area contributed by atoms with Gasteiger partial charge < -0.3 is 19.3 Å². The number of methoxy groups -OCH3 is 1. The molecule has 1 N–H and O–H groups in total. The fourth-order valence-electron chi connectivity index (χ4n) is 6.28. The van der Waals surface area contributed by atoms with Crippen LogP contribution in [0.3, 0.4) is 0 Å². The lowest BCUT2D eigenvalue weighted by Gasteiger charge is -2.10. The van der Waals surface area contributed by atoms with Gasteiger partial charge in [-0.25, -0.2) is 0 Å². The molecule has 0 heterocycles. The molecule has 0 radical (unpaired) electrons. The second-order valence-corrected chi connectivity index (χ2v) is 15.9. The molecule has 69 heavy (non-hydrogen) atoms. The molecular formula is C61H76O8. The molecule has 0 atom stereocenters. The van der Waals surface area contributed by atoms with Crippen LogP contribution in [0.25, 0.3) is 12.2 Å². The highest BCUT2D eigenvalue weighted by Gasteiger charge is 2.12. The van der Waals surface area contributed by atoms with E-state index in [9.17, 15) is 24.3 Å². The van der Waals surface area contributed by atoms with E-state index in [1.54, 1.807) is 48.6 Å². The predicted molar refractivity (Wildman–Crippen MR) is 286 cm³/mol. The zero-order valence-corrected chi connectivity index (χ0v) is 41.4. The predicted octanol–water partition coefficient (Wildman–Crippen LogP) is 15.1. The molecule has 2 aromatic carbocycles. The first-order chi connectivity index (χ1) is 33.8. The maximum atomic E-state index is 12.6. The molecule has 8 heteroatoms. The average Bonchev–Trinajstić information content (AvgIpc) is 3.35. The van der Waals surface area contributed by atoms with Crippen LogP contribution in [0.15, 0.2) is 170 Å². The summed E-state index contributed by atoms with van der Waals surface area (Å²) < 4.78 is 16.5. The number of unbranched alkanes of at least 4 members (excludes halogenated alkanes) is 2. The quantitative estimate of drug-likeness (QED) is 0.0179. The molecule has 8 nitrogen and oxygen atoms in total. The van der Waals surface area contributed by atoms with Crippen LogP contribution in [0.5, 0.6) is 17.2 Å². The SMILES string of the molecule is CC/C=C\C/C=C\C/C=C\C/C=C\C/C=C\CCCC(=O)Oc1ccc(/C=C/C(=O)CC(=O)/C=C/c2ccc(OC(=O)CCC/C=C\C/C=C\C/C=C\C/C=C\C/C=C\CC)c(OC)c2)cc1CO. The van der Waals surface area contributed by atoms with Gasteiger partial charge in [-0.1, -0.05) is 160 Å². The molecule has 0 aromatic heterocycles. The summed E-state index contributed by atoms with van der Waals surface area (Å²) in [7, 11) is 1.47. The van der Waals surface area contributed by atoms with Gasteiger partial charge in [-0.2, -0.15) is 0 Å². The van der Waals surface area contributed by atoms with Gasteiger partial charge in [0.05, 0.1) is 20.1 Å². The largest absolute Gasteiger partial charge is 0.493 e. The fraction of sp³-hybridized carbons (Fsp3) is 0.344. The number of benzene rings is 2. The summed E-state index contributed by atoms with van der Waals surface area (Å²) in [5, 5.41) is 9.94. The van der Waals surface area contributed by atoms with Gasteiger partial charge in [0, 0.05) is 18.4 Å². The Morgan fingerprint density at radius 1 is 0.464 bits per heavy atom. The number of aliphatic hydroxyl groups is 1. The molecule has 0 aliphatic rings. The Morgan fingerprint density at radius 3 is 1.22 bits per heavy atom. The monoisotopic (exact) mass is 937 g/mol. The van der Waals surface area contributed by atoms with Crippen molar-refractivity contribution in [1.82, 2.24) is 0 Å². The van der Waals surface area contributed by atoms with Crippen molar-refractivity contribution in [3.63, 3.8) is 0 Å². The normalized spacial score (nSPS) is 12.6. The van der Waals surface area contributed by atoms with Gasteiger partial charge >= 0.3 is 11.9 Å². The maximum Gasteiger partial charge on any atom is 0.311 e. The van der Waals surface area contributed by atoms with Crippen LogP contribution in [0.2, 0.25) is 0 Å². The summed E-state index contributed by atoms with van der Waals surface area (Å²) in [6.45, 7) is 3.91. The molecule has 0 fully saturated rings. The van der Waals surface area contributed by atoms with Crippen LogP contribution in [0.1, 0.15) is 140 Å². The minimum Gasteiger partial charge on any atom is -0.493 e. The third-order valence-electron chi connectivity index (χ3n) is 9.98. The van der Waals surface area contributed by atoms with Crippen LogP contribution in [0.4, 0.5) is 0 Å². The van der Waals surface area contributed by atoms with Crippen LogP contribution in [0, 0.1) is 0 Å². The zero-order valence-electron chi connectivity index (χ0n) is 41.4. The summed E-state index contributed by atoms with van der Waals surface area (Å²) in [4.78, 5) is 50.3. The minimum atomic E-state index is -0.403. The summed E-state index contributed by atoms with van der Waals surface area (Å²) in [5.74, 6) is -0.668. The summed E-state index contributed by atoms with van der Waals surface area (Å²) >= 11 is 0. The molecule has 0 bridgehead atoms. The summed E-state index contributed by atoms with van der Waals surface area (Å²) in [6.07, 6.45) is 61.2. The van der Waals surface area contributed by atoms with Crippen LogP contribution < -0.4 is 14.2 Å². The molecule has 0 aliphatic heterocycles. The van der Waals surface area contributed by atoms with E-state index in [1.807, 2.05) is 0 Å². The first-order valence-electron chi connectivity index (χ1n) is 24.5. The topological polar surface area (TPSA) is 116 Å². The van der Waals surface area contributed by atoms with Gasteiger partial charge in [0.25, 0.3) is 0 Å². The molecule has 0 amide bonds. The molecule has 2 aromatic rings. The van der Waals surface area contributed by atoms with Crippen molar-refractivity contribution >= 4 is 35.7 Å². The molecule has 0 unspecified atom stereocenters. The Bertz CT molecular complexity index is 2030. The van der Waals surface area contributed by atoms with Crippen molar-refractivity contribution in [3.8, 4) is 17.2 Å². The number of hydrogen-bond donors (Lipinski definition) is 1. The maximum absolute atomic E-state index is 12.6. The van der Waals surface area contributed by atoms with Gasteiger partial charge in [0.15, 0.2) is 23.1 Å². The molecule has 0 aliphatic carbocycles. The minimum absolute atomic E-state index is 0.236. The van der Waals surface area contributed by atoms with Gasteiger partial charge in [0.1, 0.15) is 5.75 Å². The van der Waals surface area contributed by atoms with E-state index in [0.29, 0.717) is 35.3 Å². The molecule has 2 rings (SSSR count). The standard InChI is InChI=1S/C61H76O8/c1-4-6-8-10-12-14-16-18-20-22-24-26-28-30-32-34-36-38-60(65)68-57-46-42-52(48-54(57)51-62)40-44-55(63)50-56(64)45-41-53-43-47-58(59(49-53)67-3)69-61(66)39-37-35-33-31-29-27-25-23-21-19-17-15-13-11-9-7-5-2/h6-9,12-15,18-21,24-27,30-33,40-49,62H,4-5,10-11,16-17,22-23,28-29,34-39,50-51H2,1-3H3/b8-6-,9-7-,14-12-,15-13-,20-18-,21-19-,26-24-,27-25-,32-30-,33-31-,44-40+,45-41+. The van der Waals surface area contributed by atoms with E-state index in [-0.39, 0.29) is 49.3 Å². The van der Waals surface area contributed by atoms with E-state index in [0.717, 1.165) is 77.0 Å². The molecule has 0 saturated heterocycles. The van der Waals surface area contributed by atoms with E-state index in [4.69, 9.17) is 14.2 Å². The average molecular weight is 937 g/mol. The first-order valence-corrected chi connectivity index (χ1v) is 24.5. The van der Waals surface area contributed by atoms with E-state index in [2.05, 4.69) is 135 Å². The number of hydrogen-bond acceptors (Lipinski definition) is 8. The molecule has 0 saturated carbocycles. The Balaban J connectivity index is 1.69. The zero-order chi connectivity index (χ0) is 49.8. The highest BCUT2D eigenvalue weighted by Crippen LogP contribution is 2.29. The van der Waals surface area contributed by atoms with E-state index < -0.39 is 11.6 Å². The Hall–Kier alpha value is -6.64. The first kappa shape index (κ1) is 58.5. The lowest BCUT2D eigenvalue weighted by molar-refractivity contribution is -0.135.